The van der Waals surface area contributed by atoms with Crippen molar-refractivity contribution in [3.63, 3.8) is 0 Å². The van der Waals surface area contributed by atoms with Gasteiger partial charge in [0.25, 0.3) is 0 Å². The maximum atomic E-state index is 2.23. The molecule has 0 heteroatoms. The summed E-state index contributed by atoms with van der Waals surface area (Å²) < 4.78 is 0. The highest BCUT2D eigenvalue weighted by Gasteiger charge is 1.86. The van der Waals surface area contributed by atoms with Crippen molar-refractivity contribution in [1.29, 1.82) is 0 Å². The molecule has 1 aromatic carbocycles. The molecule has 0 saturated carbocycles. The Kier molecular flexibility index (Phi) is 5.54. The lowest BCUT2D eigenvalue weighted by molar-refractivity contribution is 0.787. The van der Waals surface area contributed by atoms with E-state index in [1.807, 2.05) is 6.07 Å². The first kappa shape index (κ1) is 11.8. The van der Waals surface area contributed by atoms with Gasteiger partial charge in [0.2, 0.25) is 0 Å². The van der Waals surface area contributed by atoms with Crippen LogP contribution in [0.1, 0.15) is 38.7 Å². The fourth-order valence-electron chi connectivity index (χ4n) is 1.43. The quantitative estimate of drug-likeness (QED) is 0.597. The van der Waals surface area contributed by atoms with Gasteiger partial charge in [0, 0.05) is 0 Å². The molecule has 0 spiro atoms. The SMILES string of the molecule is CCCC/C(C)=C\C=C\c1ccccc1. The van der Waals surface area contributed by atoms with Gasteiger partial charge in [-0.15, -0.1) is 0 Å². The van der Waals surface area contributed by atoms with Gasteiger partial charge in [-0.1, -0.05) is 67.5 Å². The second-order valence-corrected chi connectivity index (χ2v) is 3.89. The molecule has 0 atom stereocenters. The predicted molar refractivity (Wildman–Crippen MR) is 68.8 cm³/mol. The van der Waals surface area contributed by atoms with Crippen molar-refractivity contribution in [3.05, 3.63) is 53.6 Å². The van der Waals surface area contributed by atoms with Gasteiger partial charge in [-0.05, 0) is 25.3 Å². The normalized spacial score (nSPS) is 12.3. The lowest BCUT2D eigenvalue weighted by Gasteiger charge is -1.96. The van der Waals surface area contributed by atoms with Crippen molar-refractivity contribution in [2.24, 2.45) is 0 Å². The molecular formula is C15H20. The van der Waals surface area contributed by atoms with E-state index in [0.717, 1.165) is 0 Å². The van der Waals surface area contributed by atoms with Crippen LogP contribution in [0.15, 0.2) is 48.1 Å². The number of unbranched alkanes of at least 4 members (excludes halogenated alkanes) is 1. The van der Waals surface area contributed by atoms with Crippen LogP contribution in [0.5, 0.6) is 0 Å². The van der Waals surface area contributed by atoms with Crippen LogP contribution < -0.4 is 0 Å². The molecule has 0 N–H and O–H groups in total. The molecule has 0 aromatic heterocycles. The second-order valence-electron chi connectivity index (χ2n) is 3.89. The fourth-order valence-corrected chi connectivity index (χ4v) is 1.43. The van der Waals surface area contributed by atoms with Crippen LogP contribution in [0.3, 0.4) is 0 Å². The molecule has 0 saturated heterocycles. The third kappa shape index (κ3) is 5.21. The molecule has 0 aliphatic carbocycles. The highest BCUT2D eigenvalue weighted by Crippen LogP contribution is 2.07. The topological polar surface area (TPSA) is 0 Å². The Hall–Kier alpha value is -1.30. The van der Waals surface area contributed by atoms with Crippen LogP contribution in [0.4, 0.5) is 0 Å². The number of allylic oxidation sites excluding steroid dienone is 3. The van der Waals surface area contributed by atoms with Gasteiger partial charge < -0.3 is 0 Å². The van der Waals surface area contributed by atoms with E-state index >= 15 is 0 Å². The van der Waals surface area contributed by atoms with Crippen molar-refractivity contribution < 1.29 is 0 Å². The molecule has 0 aliphatic rings. The predicted octanol–water partition coefficient (Wildman–Crippen LogP) is 4.84. The van der Waals surface area contributed by atoms with Crippen molar-refractivity contribution in [2.75, 3.05) is 0 Å². The standard InChI is InChI=1S/C15H20/c1-3-4-9-14(2)10-8-13-15-11-6-5-7-12-15/h5-8,10-13H,3-4,9H2,1-2H3/b13-8+,14-10-. The molecule has 80 valence electrons. The molecule has 0 bridgehead atoms. The lowest BCUT2D eigenvalue weighted by Crippen LogP contribution is -1.75. The third-order valence-electron chi connectivity index (χ3n) is 2.39. The van der Waals surface area contributed by atoms with E-state index in [0.29, 0.717) is 0 Å². The summed E-state index contributed by atoms with van der Waals surface area (Å²) in [4.78, 5) is 0. The van der Waals surface area contributed by atoms with Crippen LogP contribution >= 0.6 is 0 Å². The molecule has 0 heterocycles. The summed E-state index contributed by atoms with van der Waals surface area (Å²) in [6.45, 7) is 4.43. The maximum Gasteiger partial charge on any atom is -0.0257 e. The van der Waals surface area contributed by atoms with Crippen molar-refractivity contribution in [3.8, 4) is 0 Å². The summed E-state index contributed by atoms with van der Waals surface area (Å²) in [7, 11) is 0. The van der Waals surface area contributed by atoms with E-state index in [2.05, 4.69) is 56.3 Å². The maximum absolute atomic E-state index is 2.23. The van der Waals surface area contributed by atoms with Crippen LogP contribution in [0, 0.1) is 0 Å². The number of hydrogen-bond donors (Lipinski definition) is 0. The molecule has 1 aromatic rings. The van der Waals surface area contributed by atoms with Crippen LogP contribution in [-0.2, 0) is 0 Å². The van der Waals surface area contributed by atoms with Crippen LogP contribution in [0.25, 0.3) is 6.08 Å². The summed E-state index contributed by atoms with van der Waals surface area (Å²) in [5.74, 6) is 0. The van der Waals surface area contributed by atoms with Gasteiger partial charge in [0.05, 0.1) is 0 Å². The molecule has 0 aliphatic heterocycles. The van der Waals surface area contributed by atoms with Crippen LogP contribution in [0.2, 0.25) is 0 Å². The van der Waals surface area contributed by atoms with Crippen molar-refractivity contribution in [1.82, 2.24) is 0 Å². The zero-order chi connectivity index (χ0) is 10.9. The summed E-state index contributed by atoms with van der Waals surface area (Å²) in [5.41, 5.74) is 2.72. The molecule has 15 heavy (non-hydrogen) atoms. The van der Waals surface area contributed by atoms with E-state index < -0.39 is 0 Å². The average Bonchev–Trinajstić information content (AvgIpc) is 2.28. The van der Waals surface area contributed by atoms with Crippen molar-refractivity contribution in [2.45, 2.75) is 33.1 Å². The largest absolute Gasteiger partial charge is 0.0733 e. The van der Waals surface area contributed by atoms with Crippen molar-refractivity contribution >= 4 is 6.08 Å². The number of hydrogen-bond acceptors (Lipinski definition) is 0. The fraction of sp³-hybridized carbons (Fsp3) is 0.333. The first-order valence-electron chi connectivity index (χ1n) is 5.72. The van der Waals surface area contributed by atoms with E-state index in [1.54, 1.807) is 0 Å². The van der Waals surface area contributed by atoms with Gasteiger partial charge in [-0.3, -0.25) is 0 Å². The van der Waals surface area contributed by atoms with Gasteiger partial charge in [0.15, 0.2) is 0 Å². The first-order chi connectivity index (χ1) is 7.33. The Labute approximate surface area is 93.3 Å². The Bertz CT molecular complexity index is 317. The Morgan fingerprint density at radius 3 is 2.60 bits per heavy atom. The van der Waals surface area contributed by atoms with Gasteiger partial charge in [-0.25, -0.2) is 0 Å². The minimum absolute atomic E-state index is 1.22. The van der Waals surface area contributed by atoms with Crippen LogP contribution in [-0.4, -0.2) is 0 Å². The molecule has 1 rings (SSSR count). The van der Waals surface area contributed by atoms with E-state index in [-0.39, 0.29) is 0 Å². The molecule has 0 nitrogen and oxygen atoms in total. The average molecular weight is 200 g/mol. The van der Waals surface area contributed by atoms with E-state index in [1.165, 1.54) is 30.4 Å². The number of rotatable bonds is 5. The number of benzene rings is 1. The minimum atomic E-state index is 1.22. The lowest BCUT2D eigenvalue weighted by atomic mass is 10.1. The zero-order valence-electron chi connectivity index (χ0n) is 9.74. The summed E-state index contributed by atoms with van der Waals surface area (Å²) in [5, 5.41) is 0. The second kappa shape index (κ2) is 7.05. The molecule has 0 radical (unpaired) electrons. The molecule has 0 unspecified atom stereocenters. The first-order valence-corrected chi connectivity index (χ1v) is 5.72. The van der Waals surface area contributed by atoms with Gasteiger partial charge in [0.1, 0.15) is 0 Å². The molecule has 0 amide bonds. The highest BCUT2D eigenvalue weighted by molar-refractivity contribution is 5.50. The highest BCUT2D eigenvalue weighted by atomic mass is 13.9. The summed E-state index contributed by atoms with van der Waals surface area (Å²) in [6, 6.07) is 10.4. The zero-order valence-corrected chi connectivity index (χ0v) is 9.74. The van der Waals surface area contributed by atoms with E-state index in [9.17, 15) is 0 Å². The van der Waals surface area contributed by atoms with Gasteiger partial charge in [-0.2, -0.15) is 0 Å². The molecule has 0 fully saturated rings. The smallest absolute Gasteiger partial charge is 0.0257 e. The third-order valence-corrected chi connectivity index (χ3v) is 2.39. The Morgan fingerprint density at radius 2 is 1.93 bits per heavy atom. The van der Waals surface area contributed by atoms with Gasteiger partial charge >= 0.3 is 0 Å². The van der Waals surface area contributed by atoms with E-state index in [4.69, 9.17) is 0 Å². The molecular weight excluding hydrogens is 180 g/mol. The Balaban J connectivity index is 2.45. The minimum Gasteiger partial charge on any atom is -0.0733 e. The Morgan fingerprint density at radius 1 is 1.20 bits per heavy atom. The summed E-state index contributed by atoms with van der Waals surface area (Å²) >= 11 is 0. The monoisotopic (exact) mass is 200 g/mol. The summed E-state index contributed by atoms with van der Waals surface area (Å²) in [6.07, 6.45) is 10.3.